The number of hydrogen-bond donors (Lipinski definition) is 1. The van der Waals surface area contributed by atoms with E-state index in [0.29, 0.717) is 16.5 Å². The van der Waals surface area contributed by atoms with Crippen LogP contribution in [0.25, 0.3) is 15.9 Å². The summed E-state index contributed by atoms with van der Waals surface area (Å²) in [4.78, 5) is 9.99. The fraction of sp³-hybridized carbons (Fsp3) is 0.238. The van der Waals surface area contributed by atoms with Crippen LogP contribution in [0, 0.1) is 5.92 Å². The lowest BCUT2D eigenvalue weighted by Crippen LogP contribution is -2.30. The van der Waals surface area contributed by atoms with Crippen molar-refractivity contribution in [2.75, 3.05) is 5.73 Å². The number of aromatic nitrogens is 3. The number of hydrogen-bond acceptors (Lipinski definition) is 7. The molecule has 0 saturated carbocycles. The van der Waals surface area contributed by atoms with E-state index >= 15 is 0 Å². The number of nitrogens with two attached hydrogens (primary N) is 1. The largest absolute Gasteiger partial charge is 0.857 e. The van der Waals surface area contributed by atoms with E-state index in [1.165, 1.54) is 21.6 Å². The van der Waals surface area contributed by atoms with Crippen molar-refractivity contribution in [3.8, 4) is 5.69 Å². The van der Waals surface area contributed by atoms with Gasteiger partial charge in [0, 0.05) is 29.1 Å². The molecule has 8 heteroatoms. The van der Waals surface area contributed by atoms with E-state index in [1.807, 2.05) is 30.3 Å². The first-order valence-corrected chi connectivity index (χ1v) is 10.3. The molecule has 1 aliphatic rings. The average molecular weight is 405 g/mol. The van der Waals surface area contributed by atoms with Crippen LogP contribution in [0.1, 0.15) is 29.5 Å². The van der Waals surface area contributed by atoms with Crippen molar-refractivity contribution in [3.63, 3.8) is 0 Å². The molecule has 2 N–H and O–H groups in total. The van der Waals surface area contributed by atoms with Gasteiger partial charge in [-0.1, -0.05) is 25.1 Å². The van der Waals surface area contributed by atoms with Gasteiger partial charge in [-0.15, -0.1) is 11.3 Å². The second-order valence-electron chi connectivity index (χ2n) is 7.38. The molecule has 3 heterocycles. The number of fused-ring (bicyclic) bond motifs is 2. The van der Waals surface area contributed by atoms with Crippen LogP contribution in [0.2, 0.25) is 0 Å². The molecule has 0 aliphatic heterocycles. The first kappa shape index (κ1) is 17.8. The Morgan fingerprint density at radius 1 is 1.34 bits per heavy atom. The Morgan fingerprint density at radius 3 is 3.00 bits per heavy atom. The zero-order chi connectivity index (χ0) is 20.0. The van der Waals surface area contributed by atoms with Crippen molar-refractivity contribution in [1.29, 1.82) is 0 Å². The van der Waals surface area contributed by atoms with Crippen molar-refractivity contribution in [2.24, 2.45) is 10.9 Å². The van der Waals surface area contributed by atoms with E-state index in [1.54, 1.807) is 6.20 Å². The first-order valence-electron chi connectivity index (χ1n) is 9.49. The molecule has 4 aromatic rings. The minimum absolute atomic E-state index is 0.122. The number of aliphatic imine (C=N–C) groups is 1. The van der Waals surface area contributed by atoms with E-state index in [4.69, 9.17) is 15.2 Å². The zero-order valence-electron chi connectivity index (χ0n) is 15.8. The lowest BCUT2D eigenvalue weighted by molar-refractivity contribution is -0.670. The van der Waals surface area contributed by atoms with Gasteiger partial charge in [0.15, 0.2) is 0 Å². The highest BCUT2D eigenvalue weighted by molar-refractivity contribution is 7.21. The van der Waals surface area contributed by atoms with Crippen LogP contribution in [0.5, 0.6) is 0 Å². The van der Waals surface area contributed by atoms with Crippen molar-refractivity contribution in [1.82, 2.24) is 10.3 Å². The minimum Gasteiger partial charge on any atom is -0.857 e. The smallest absolute Gasteiger partial charge is 0.321 e. The number of rotatable bonds is 3. The molecular weight excluding hydrogens is 386 g/mol. The summed E-state index contributed by atoms with van der Waals surface area (Å²) in [5.41, 5.74) is 9.89. The third kappa shape index (κ3) is 3.25. The standard InChI is InChI=1S/C21H19N5O2S/c1-12-7-8-16-13(9-12)10-15-18(22)19(29-21(15)23-16)20(27)24-17-11-26(25-28-17)14-5-3-2-4-6-14/h2-6,10-12H,7-9H2,1H3,(H2-,22,24,25,27). The molecule has 0 spiro atoms. The Kier molecular flexibility index (Phi) is 4.28. The van der Waals surface area contributed by atoms with E-state index in [9.17, 15) is 5.11 Å². The average Bonchev–Trinajstić information content (AvgIpc) is 3.32. The van der Waals surface area contributed by atoms with Gasteiger partial charge in [0.05, 0.1) is 10.6 Å². The van der Waals surface area contributed by atoms with Gasteiger partial charge < -0.3 is 10.8 Å². The number of aryl methyl sites for hydroxylation is 1. The zero-order valence-corrected chi connectivity index (χ0v) is 16.6. The molecule has 29 heavy (non-hydrogen) atoms. The first-order chi connectivity index (χ1) is 14.1. The highest BCUT2D eigenvalue weighted by Gasteiger charge is 2.20. The lowest BCUT2D eigenvalue weighted by atomic mass is 9.87. The summed E-state index contributed by atoms with van der Waals surface area (Å²) in [6.45, 7) is 2.25. The van der Waals surface area contributed by atoms with Crippen LogP contribution in [-0.2, 0) is 12.8 Å². The van der Waals surface area contributed by atoms with Crippen LogP contribution in [-0.4, -0.2) is 16.2 Å². The van der Waals surface area contributed by atoms with Gasteiger partial charge in [-0.3, -0.25) is 4.52 Å². The van der Waals surface area contributed by atoms with E-state index in [-0.39, 0.29) is 5.88 Å². The van der Waals surface area contributed by atoms with Gasteiger partial charge in [-0.05, 0) is 41.5 Å². The molecule has 0 bridgehead atoms. The summed E-state index contributed by atoms with van der Waals surface area (Å²) in [5.74, 6) is 0.311. The maximum absolute atomic E-state index is 12.8. The van der Waals surface area contributed by atoms with Gasteiger partial charge in [-0.25, -0.2) is 9.98 Å². The quantitative estimate of drug-likeness (QED) is 0.321. The number of anilines is 1. The molecule has 1 aromatic carbocycles. The summed E-state index contributed by atoms with van der Waals surface area (Å²) < 4.78 is 6.72. The summed E-state index contributed by atoms with van der Waals surface area (Å²) in [6.07, 6.45) is 4.67. The van der Waals surface area contributed by atoms with E-state index in [0.717, 1.165) is 40.9 Å². The predicted molar refractivity (Wildman–Crippen MR) is 109 cm³/mol. The molecule has 0 saturated heterocycles. The molecular formula is C21H19N5O2S. The third-order valence-electron chi connectivity index (χ3n) is 5.21. The topological polar surface area (TPSA) is 104 Å². The van der Waals surface area contributed by atoms with Crippen LogP contribution < -0.4 is 15.5 Å². The SMILES string of the molecule is CC1CCc2nc3sc(/C([O-])=N/c4c[n+](-c5ccccc5)no4)c(N)c3cc2C1. The van der Waals surface area contributed by atoms with Crippen LogP contribution in [0.15, 0.2) is 52.1 Å². The molecule has 0 fully saturated rings. The van der Waals surface area contributed by atoms with Gasteiger partial charge in [0.2, 0.25) is 11.0 Å². The number of benzene rings is 1. The lowest BCUT2D eigenvalue weighted by Gasteiger charge is -2.20. The highest BCUT2D eigenvalue weighted by Crippen LogP contribution is 2.36. The number of para-hydroxylation sites is 1. The normalized spacial score (nSPS) is 16.9. The molecule has 5 rings (SSSR count). The fourth-order valence-corrected chi connectivity index (χ4v) is 4.65. The van der Waals surface area contributed by atoms with Crippen LogP contribution in [0.3, 0.4) is 0 Å². The Labute approximate surface area is 171 Å². The Hall–Kier alpha value is -3.26. The Balaban J connectivity index is 1.50. The summed E-state index contributed by atoms with van der Waals surface area (Å²) >= 11 is 1.28. The number of pyridine rings is 1. The van der Waals surface area contributed by atoms with Crippen LogP contribution >= 0.6 is 11.3 Å². The van der Waals surface area contributed by atoms with Gasteiger partial charge in [0.1, 0.15) is 4.83 Å². The Morgan fingerprint density at radius 2 is 2.17 bits per heavy atom. The Bertz CT molecular complexity index is 1230. The van der Waals surface area contributed by atoms with Gasteiger partial charge in [-0.2, -0.15) is 0 Å². The molecule has 146 valence electrons. The summed E-state index contributed by atoms with van der Waals surface area (Å²) in [7, 11) is 0. The fourth-order valence-electron chi connectivity index (χ4n) is 3.67. The van der Waals surface area contributed by atoms with Crippen molar-refractivity contribution < 1.29 is 14.3 Å². The van der Waals surface area contributed by atoms with Crippen LogP contribution in [0.4, 0.5) is 11.6 Å². The molecule has 1 unspecified atom stereocenters. The number of nitrogens with zero attached hydrogens (tertiary/aromatic N) is 4. The second kappa shape index (κ2) is 6.97. The summed E-state index contributed by atoms with van der Waals surface area (Å²) in [6, 6.07) is 11.6. The van der Waals surface area contributed by atoms with Crippen molar-refractivity contribution in [3.05, 3.63) is 58.7 Å². The van der Waals surface area contributed by atoms with Crippen molar-refractivity contribution in [2.45, 2.75) is 26.2 Å². The molecule has 0 amide bonds. The molecule has 1 aliphatic carbocycles. The maximum atomic E-state index is 12.8. The van der Waals surface area contributed by atoms with E-state index in [2.05, 4.69) is 23.3 Å². The van der Waals surface area contributed by atoms with Gasteiger partial charge >= 0.3 is 5.88 Å². The maximum Gasteiger partial charge on any atom is 0.321 e. The molecule has 1 atom stereocenters. The second-order valence-corrected chi connectivity index (χ2v) is 8.38. The third-order valence-corrected chi connectivity index (χ3v) is 6.32. The molecule has 3 aromatic heterocycles. The molecule has 0 radical (unpaired) electrons. The predicted octanol–water partition coefficient (Wildman–Crippen LogP) is 2.71. The minimum atomic E-state index is -0.451. The van der Waals surface area contributed by atoms with Crippen molar-refractivity contribution >= 4 is 39.0 Å². The monoisotopic (exact) mass is 405 g/mol. The highest BCUT2D eigenvalue weighted by atomic mass is 32.1. The van der Waals surface area contributed by atoms with E-state index < -0.39 is 5.90 Å². The number of nitrogen functional groups attached to an aromatic ring is 1. The summed E-state index contributed by atoms with van der Waals surface area (Å²) in [5, 5.41) is 17.5. The van der Waals surface area contributed by atoms with Gasteiger partial charge in [0.25, 0.3) is 6.20 Å². The number of thiophene rings is 1. The molecule has 7 nitrogen and oxygen atoms in total.